The molecule has 0 spiro atoms. The zero-order valence-electron chi connectivity index (χ0n) is 15.8. The van der Waals surface area contributed by atoms with Crippen LogP contribution >= 0.6 is 11.3 Å². The summed E-state index contributed by atoms with van der Waals surface area (Å²) in [7, 11) is 0. The Kier molecular flexibility index (Phi) is 5.95. The minimum absolute atomic E-state index is 0.136. The van der Waals surface area contributed by atoms with E-state index in [1.54, 1.807) is 28.5 Å². The number of amides is 2. The molecule has 2 amide bonds. The number of aromatic nitrogens is 4. The number of carbonyl (C=O) groups excluding carboxylic acids is 2. The summed E-state index contributed by atoms with van der Waals surface area (Å²) >= 11 is 1.26. The van der Waals surface area contributed by atoms with Crippen LogP contribution in [0.15, 0.2) is 65.1 Å². The van der Waals surface area contributed by atoms with Crippen LogP contribution in [0.1, 0.15) is 27.4 Å². The van der Waals surface area contributed by atoms with Gasteiger partial charge in [-0.2, -0.15) is 5.10 Å². The summed E-state index contributed by atoms with van der Waals surface area (Å²) in [4.78, 5) is 32.4. The van der Waals surface area contributed by atoms with Gasteiger partial charge in [-0.25, -0.2) is 14.6 Å². The average molecular weight is 422 g/mol. The predicted octanol–water partition coefficient (Wildman–Crippen LogP) is 2.49. The number of rotatable bonds is 8. The summed E-state index contributed by atoms with van der Waals surface area (Å²) < 4.78 is 6.79. The van der Waals surface area contributed by atoms with Gasteiger partial charge in [0.25, 0.3) is 5.91 Å². The van der Waals surface area contributed by atoms with E-state index in [2.05, 4.69) is 25.7 Å². The van der Waals surface area contributed by atoms with E-state index in [0.29, 0.717) is 23.9 Å². The lowest BCUT2D eigenvalue weighted by molar-refractivity contribution is -0.120. The zero-order valence-corrected chi connectivity index (χ0v) is 16.6. The van der Waals surface area contributed by atoms with Crippen molar-refractivity contribution in [3.8, 4) is 0 Å². The first-order valence-electron chi connectivity index (χ1n) is 9.12. The second-order valence-electron chi connectivity index (χ2n) is 6.44. The van der Waals surface area contributed by atoms with E-state index in [1.165, 1.54) is 23.9 Å². The summed E-state index contributed by atoms with van der Waals surface area (Å²) in [5.41, 5.74) is 2.69. The molecule has 0 aliphatic heterocycles. The standard InChI is InChI=1S/C20H18N6O3S/c27-18(8-16-11-30-20(24-16)25-19(28)17-2-1-7-29-17)22-9-14-3-5-15(6-4-14)10-26-13-21-12-23-26/h1-7,11-13H,8-10H2,(H,22,27)(H,24,25,28). The van der Waals surface area contributed by atoms with Crippen molar-refractivity contribution in [2.75, 3.05) is 5.32 Å². The third kappa shape index (κ3) is 5.17. The Bertz CT molecular complexity index is 1100. The highest BCUT2D eigenvalue weighted by Gasteiger charge is 2.12. The van der Waals surface area contributed by atoms with E-state index in [1.807, 2.05) is 24.3 Å². The van der Waals surface area contributed by atoms with Crippen LogP contribution in [-0.4, -0.2) is 31.6 Å². The predicted molar refractivity (Wildman–Crippen MR) is 110 cm³/mol. The van der Waals surface area contributed by atoms with Gasteiger partial charge in [-0.15, -0.1) is 11.3 Å². The van der Waals surface area contributed by atoms with Crippen LogP contribution in [0.3, 0.4) is 0 Å². The molecule has 3 aromatic heterocycles. The van der Waals surface area contributed by atoms with Gasteiger partial charge >= 0.3 is 0 Å². The molecule has 0 unspecified atom stereocenters. The normalized spacial score (nSPS) is 10.7. The molecule has 0 aliphatic carbocycles. The Hall–Kier alpha value is -3.79. The maximum absolute atomic E-state index is 12.2. The number of anilines is 1. The van der Waals surface area contributed by atoms with Crippen LogP contribution in [0, 0.1) is 0 Å². The lowest BCUT2D eigenvalue weighted by Crippen LogP contribution is -2.24. The Morgan fingerprint density at radius 3 is 2.70 bits per heavy atom. The van der Waals surface area contributed by atoms with Crippen LogP contribution in [0.2, 0.25) is 0 Å². The topological polar surface area (TPSA) is 115 Å². The maximum Gasteiger partial charge on any atom is 0.293 e. The second kappa shape index (κ2) is 9.14. The number of furan rings is 1. The Labute approximate surface area is 175 Å². The van der Waals surface area contributed by atoms with Gasteiger partial charge in [-0.1, -0.05) is 24.3 Å². The third-order valence-corrected chi connectivity index (χ3v) is 4.99. The van der Waals surface area contributed by atoms with Crippen molar-refractivity contribution in [1.82, 2.24) is 25.1 Å². The highest BCUT2D eigenvalue weighted by atomic mass is 32.1. The van der Waals surface area contributed by atoms with Gasteiger partial charge in [0.05, 0.1) is 24.9 Å². The van der Waals surface area contributed by atoms with E-state index in [9.17, 15) is 9.59 Å². The molecule has 2 N–H and O–H groups in total. The van der Waals surface area contributed by atoms with Gasteiger partial charge in [0, 0.05) is 11.9 Å². The van der Waals surface area contributed by atoms with Crippen molar-refractivity contribution in [3.05, 3.63) is 83.3 Å². The molecule has 0 atom stereocenters. The lowest BCUT2D eigenvalue weighted by Gasteiger charge is -2.06. The molecular formula is C20H18N6O3S. The number of benzene rings is 1. The fourth-order valence-corrected chi connectivity index (χ4v) is 3.41. The monoisotopic (exact) mass is 422 g/mol. The molecule has 9 nitrogen and oxygen atoms in total. The van der Waals surface area contributed by atoms with Crippen molar-refractivity contribution >= 4 is 28.3 Å². The van der Waals surface area contributed by atoms with Crippen molar-refractivity contribution in [1.29, 1.82) is 0 Å². The van der Waals surface area contributed by atoms with E-state index >= 15 is 0 Å². The first-order valence-corrected chi connectivity index (χ1v) is 10.00. The van der Waals surface area contributed by atoms with Crippen LogP contribution in [0.5, 0.6) is 0 Å². The first kappa shape index (κ1) is 19.5. The van der Waals surface area contributed by atoms with Crippen molar-refractivity contribution in [2.24, 2.45) is 0 Å². The molecule has 0 fully saturated rings. The van der Waals surface area contributed by atoms with Crippen molar-refractivity contribution < 1.29 is 14.0 Å². The number of hydrogen-bond donors (Lipinski definition) is 2. The van der Waals surface area contributed by atoms with E-state index in [-0.39, 0.29) is 24.0 Å². The van der Waals surface area contributed by atoms with Gasteiger partial charge in [0.2, 0.25) is 5.91 Å². The molecule has 10 heteroatoms. The fraction of sp³-hybridized carbons (Fsp3) is 0.150. The van der Waals surface area contributed by atoms with Crippen LogP contribution < -0.4 is 10.6 Å². The largest absolute Gasteiger partial charge is 0.459 e. The summed E-state index contributed by atoms with van der Waals surface area (Å²) in [5.74, 6) is -0.315. The van der Waals surface area contributed by atoms with Gasteiger partial charge in [-0.3, -0.25) is 14.9 Å². The Morgan fingerprint density at radius 1 is 1.13 bits per heavy atom. The number of thiazole rings is 1. The van der Waals surface area contributed by atoms with Gasteiger partial charge < -0.3 is 9.73 Å². The molecule has 0 bridgehead atoms. The minimum atomic E-state index is -0.377. The number of nitrogens with zero attached hydrogens (tertiary/aromatic N) is 4. The minimum Gasteiger partial charge on any atom is -0.459 e. The molecule has 0 saturated heterocycles. The number of carbonyl (C=O) groups is 2. The quantitative estimate of drug-likeness (QED) is 0.451. The summed E-state index contributed by atoms with van der Waals surface area (Å²) in [6.45, 7) is 1.07. The van der Waals surface area contributed by atoms with E-state index < -0.39 is 0 Å². The molecule has 4 rings (SSSR count). The summed E-state index contributed by atoms with van der Waals surface area (Å²) in [6, 6.07) is 11.1. The van der Waals surface area contributed by atoms with Crippen molar-refractivity contribution in [3.63, 3.8) is 0 Å². The SMILES string of the molecule is O=C(Cc1csc(NC(=O)c2ccco2)n1)NCc1ccc(Cn2cncn2)cc1. The maximum atomic E-state index is 12.2. The molecule has 4 aromatic rings. The van der Waals surface area contributed by atoms with Gasteiger partial charge in [-0.05, 0) is 23.3 Å². The molecule has 30 heavy (non-hydrogen) atoms. The summed E-state index contributed by atoms with van der Waals surface area (Å²) in [5, 5.41) is 11.8. The Balaban J connectivity index is 1.24. The van der Waals surface area contributed by atoms with Crippen LogP contribution in [-0.2, 0) is 24.3 Å². The average Bonchev–Trinajstić information content (AvgIpc) is 3.51. The molecule has 152 valence electrons. The second-order valence-corrected chi connectivity index (χ2v) is 7.30. The lowest BCUT2D eigenvalue weighted by atomic mass is 10.1. The fourth-order valence-electron chi connectivity index (χ4n) is 2.70. The first-order chi connectivity index (χ1) is 14.7. The Morgan fingerprint density at radius 2 is 1.97 bits per heavy atom. The molecule has 0 saturated carbocycles. The number of hydrogen-bond acceptors (Lipinski definition) is 7. The molecule has 0 aliphatic rings. The van der Waals surface area contributed by atoms with Gasteiger partial charge in [0.1, 0.15) is 12.7 Å². The van der Waals surface area contributed by atoms with Crippen LogP contribution in [0.4, 0.5) is 5.13 Å². The van der Waals surface area contributed by atoms with Gasteiger partial charge in [0.15, 0.2) is 10.9 Å². The van der Waals surface area contributed by atoms with Crippen molar-refractivity contribution in [2.45, 2.75) is 19.5 Å². The molecule has 3 heterocycles. The van der Waals surface area contributed by atoms with E-state index in [0.717, 1.165) is 11.1 Å². The third-order valence-electron chi connectivity index (χ3n) is 4.18. The number of nitrogens with one attached hydrogen (secondary N) is 2. The van der Waals surface area contributed by atoms with Crippen LogP contribution in [0.25, 0.3) is 0 Å². The molecular weight excluding hydrogens is 404 g/mol. The molecule has 1 aromatic carbocycles. The highest BCUT2D eigenvalue weighted by Crippen LogP contribution is 2.17. The molecule has 0 radical (unpaired) electrons. The summed E-state index contributed by atoms with van der Waals surface area (Å²) in [6.07, 6.45) is 4.73. The zero-order chi connectivity index (χ0) is 20.8. The highest BCUT2D eigenvalue weighted by molar-refractivity contribution is 7.14. The smallest absolute Gasteiger partial charge is 0.293 e. The van der Waals surface area contributed by atoms with E-state index in [4.69, 9.17) is 4.42 Å².